The molecule has 0 saturated carbocycles. The lowest BCUT2D eigenvalue weighted by Crippen LogP contribution is -2.49. The zero-order valence-electron chi connectivity index (χ0n) is 11.4. The molecule has 0 bridgehead atoms. The highest BCUT2D eigenvalue weighted by molar-refractivity contribution is 5.97. The standard InChI is InChI=1S/C12H15FN4O4/c1-6(2)10(16-12(14)19)11(18)15-7-3-4-8(13)9(5-7)17(20)21/h3-6,10H,1-2H3,(H,15,18)(H3,14,16,19). The third-order valence-corrected chi connectivity index (χ3v) is 2.66. The number of carbonyl (C=O) groups excluding carboxylic acids is 2. The van der Waals surface area contributed by atoms with Crippen molar-refractivity contribution in [3.05, 3.63) is 34.1 Å². The molecule has 4 N–H and O–H groups in total. The molecule has 0 heterocycles. The summed E-state index contributed by atoms with van der Waals surface area (Å²) < 4.78 is 13.2. The number of halogens is 1. The van der Waals surface area contributed by atoms with Gasteiger partial charge in [0, 0.05) is 11.8 Å². The Balaban J connectivity index is 2.93. The number of nitro benzene ring substituents is 1. The Morgan fingerprint density at radius 1 is 1.38 bits per heavy atom. The number of nitrogens with one attached hydrogen (secondary N) is 2. The molecule has 8 nitrogen and oxygen atoms in total. The second-order valence-electron chi connectivity index (χ2n) is 4.64. The van der Waals surface area contributed by atoms with Gasteiger partial charge in [-0.25, -0.2) is 4.79 Å². The van der Waals surface area contributed by atoms with Crippen molar-refractivity contribution in [2.24, 2.45) is 11.7 Å². The van der Waals surface area contributed by atoms with Crippen molar-refractivity contribution in [2.45, 2.75) is 19.9 Å². The molecule has 0 aliphatic carbocycles. The van der Waals surface area contributed by atoms with Crippen molar-refractivity contribution >= 4 is 23.3 Å². The van der Waals surface area contributed by atoms with Gasteiger partial charge >= 0.3 is 11.7 Å². The fourth-order valence-electron chi connectivity index (χ4n) is 1.64. The van der Waals surface area contributed by atoms with Gasteiger partial charge in [0.1, 0.15) is 6.04 Å². The smallest absolute Gasteiger partial charge is 0.312 e. The fraction of sp³-hybridized carbons (Fsp3) is 0.333. The van der Waals surface area contributed by atoms with Gasteiger partial charge in [-0.3, -0.25) is 14.9 Å². The van der Waals surface area contributed by atoms with Gasteiger partial charge in [-0.05, 0) is 18.1 Å². The molecule has 0 saturated heterocycles. The van der Waals surface area contributed by atoms with E-state index in [9.17, 15) is 24.1 Å². The van der Waals surface area contributed by atoms with Crippen LogP contribution >= 0.6 is 0 Å². The number of nitrogens with two attached hydrogens (primary N) is 1. The molecule has 0 aromatic heterocycles. The minimum absolute atomic E-state index is 0.0463. The van der Waals surface area contributed by atoms with E-state index in [0.29, 0.717) is 0 Å². The summed E-state index contributed by atoms with van der Waals surface area (Å²) in [5.41, 5.74) is 4.27. The lowest BCUT2D eigenvalue weighted by molar-refractivity contribution is -0.387. The Morgan fingerprint density at radius 2 is 2.00 bits per heavy atom. The van der Waals surface area contributed by atoms with Gasteiger partial charge in [0.25, 0.3) is 0 Å². The predicted molar refractivity (Wildman–Crippen MR) is 73.0 cm³/mol. The minimum Gasteiger partial charge on any atom is -0.352 e. The number of carbonyl (C=O) groups is 2. The molecule has 0 aliphatic heterocycles. The zero-order chi connectivity index (χ0) is 16.2. The molecular formula is C12H15FN4O4. The van der Waals surface area contributed by atoms with Crippen molar-refractivity contribution in [3.63, 3.8) is 0 Å². The second-order valence-corrected chi connectivity index (χ2v) is 4.64. The Morgan fingerprint density at radius 3 is 2.48 bits per heavy atom. The molecule has 1 atom stereocenters. The Bertz CT molecular complexity index is 576. The van der Waals surface area contributed by atoms with E-state index in [1.54, 1.807) is 13.8 Å². The molecule has 114 valence electrons. The van der Waals surface area contributed by atoms with E-state index in [2.05, 4.69) is 10.6 Å². The molecule has 3 amide bonds. The van der Waals surface area contributed by atoms with Crippen LogP contribution in [0, 0.1) is 21.8 Å². The van der Waals surface area contributed by atoms with Crippen LogP contribution in [0.5, 0.6) is 0 Å². The third kappa shape index (κ3) is 4.41. The largest absolute Gasteiger partial charge is 0.352 e. The van der Waals surface area contributed by atoms with E-state index in [0.717, 1.165) is 12.1 Å². The number of benzene rings is 1. The summed E-state index contributed by atoms with van der Waals surface area (Å²) in [4.78, 5) is 32.6. The van der Waals surface area contributed by atoms with Crippen LogP contribution in [0.15, 0.2) is 18.2 Å². The molecule has 0 spiro atoms. The average molecular weight is 298 g/mol. The van der Waals surface area contributed by atoms with Crippen molar-refractivity contribution in [1.29, 1.82) is 0 Å². The number of anilines is 1. The van der Waals surface area contributed by atoms with Crippen LogP contribution in [-0.4, -0.2) is 22.9 Å². The van der Waals surface area contributed by atoms with E-state index in [4.69, 9.17) is 5.73 Å². The van der Waals surface area contributed by atoms with Gasteiger partial charge in [-0.15, -0.1) is 0 Å². The number of rotatable bonds is 5. The molecule has 1 unspecified atom stereocenters. The maximum Gasteiger partial charge on any atom is 0.312 e. The topological polar surface area (TPSA) is 127 Å². The van der Waals surface area contributed by atoms with Crippen molar-refractivity contribution in [3.8, 4) is 0 Å². The van der Waals surface area contributed by atoms with E-state index < -0.39 is 34.4 Å². The normalized spacial score (nSPS) is 11.8. The summed E-state index contributed by atoms with van der Waals surface area (Å²) in [6, 6.07) is 1.18. The first-order valence-corrected chi connectivity index (χ1v) is 6.03. The zero-order valence-corrected chi connectivity index (χ0v) is 11.4. The summed E-state index contributed by atoms with van der Waals surface area (Å²) in [5, 5.41) is 15.3. The third-order valence-electron chi connectivity index (χ3n) is 2.66. The molecule has 1 rings (SSSR count). The van der Waals surface area contributed by atoms with Gasteiger partial charge in [-0.2, -0.15) is 4.39 Å². The number of nitrogens with zero attached hydrogens (tertiary/aromatic N) is 1. The first kappa shape index (κ1) is 16.3. The molecule has 1 aromatic rings. The molecule has 0 fully saturated rings. The number of primary amides is 1. The number of urea groups is 1. The van der Waals surface area contributed by atoms with Crippen LogP contribution < -0.4 is 16.4 Å². The molecule has 0 radical (unpaired) electrons. The van der Waals surface area contributed by atoms with Crippen molar-refractivity contribution in [2.75, 3.05) is 5.32 Å². The Hall–Kier alpha value is -2.71. The minimum atomic E-state index is -1.01. The molecule has 9 heteroatoms. The van der Waals surface area contributed by atoms with Gasteiger partial charge in [0.2, 0.25) is 11.7 Å². The number of amides is 3. The summed E-state index contributed by atoms with van der Waals surface area (Å²) in [7, 11) is 0. The van der Waals surface area contributed by atoms with Crippen LogP contribution in [0.25, 0.3) is 0 Å². The summed E-state index contributed by atoms with van der Waals surface area (Å²) in [5.74, 6) is -1.87. The lowest BCUT2D eigenvalue weighted by atomic mass is 10.0. The average Bonchev–Trinajstić information content (AvgIpc) is 2.37. The van der Waals surface area contributed by atoms with Crippen LogP contribution in [0.3, 0.4) is 0 Å². The van der Waals surface area contributed by atoms with Crippen LogP contribution in [0.1, 0.15) is 13.8 Å². The van der Waals surface area contributed by atoms with Gasteiger partial charge < -0.3 is 16.4 Å². The first-order valence-electron chi connectivity index (χ1n) is 6.03. The maximum atomic E-state index is 13.2. The predicted octanol–water partition coefficient (Wildman–Crippen LogP) is 1.37. The van der Waals surface area contributed by atoms with Gasteiger partial charge in [0.15, 0.2) is 0 Å². The maximum absolute atomic E-state index is 13.2. The van der Waals surface area contributed by atoms with Crippen LogP contribution in [0.4, 0.5) is 20.6 Å². The van der Waals surface area contributed by atoms with Gasteiger partial charge in [-0.1, -0.05) is 13.8 Å². The van der Waals surface area contributed by atoms with Crippen LogP contribution in [0.2, 0.25) is 0 Å². The highest BCUT2D eigenvalue weighted by atomic mass is 19.1. The van der Waals surface area contributed by atoms with E-state index >= 15 is 0 Å². The fourth-order valence-corrected chi connectivity index (χ4v) is 1.64. The molecular weight excluding hydrogens is 283 g/mol. The molecule has 0 aliphatic rings. The highest BCUT2D eigenvalue weighted by Gasteiger charge is 2.24. The highest BCUT2D eigenvalue weighted by Crippen LogP contribution is 2.22. The van der Waals surface area contributed by atoms with Gasteiger partial charge in [0.05, 0.1) is 4.92 Å². The Kier molecular flexibility index (Phi) is 5.17. The first-order chi connectivity index (χ1) is 9.72. The number of hydrogen-bond donors (Lipinski definition) is 3. The number of nitro groups is 1. The summed E-state index contributed by atoms with van der Waals surface area (Å²) >= 11 is 0. The van der Waals surface area contributed by atoms with Crippen LogP contribution in [-0.2, 0) is 4.79 Å². The second kappa shape index (κ2) is 6.64. The Labute approximate surface area is 119 Å². The SMILES string of the molecule is CC(C)C(NC(N)=O)C(=O)Nc1ccc(F)c([N+](=O)[O-])c1. The van der Waals surface area contributed by atoms with E-state index in [1.165, 1.54) is 6.07 Å². The van der Waals surface area contributed by atoms with Crippen molar-refractivity contribution < 1.29 is 18.9 Å². The molecule has 21 heavy (non-hydrogen) atoms. The quantitative estimate of drug-likeness (QED) is 0.560. The summed E-state index contributed by atoms with van der Waals surface area (Å²) in [6.07, 6.45) is 0. The lowest BCUT2D eigenvalue weighted by Gasteiger charge is -2.20. The summed E-state index contributed by atoms with van der Waals surface area (Å²) in [6.45, 7) is 3.38. The molecule has 1 aromatic carbocycles. The number of hydrogen-bond acceptors (Lipinski definition) is 4. The van der Waals surface area contributed by atoms with E-state index in [1.807, 2.05) is 0 Å². The monoisotopic (exact) mass is 298 g/mol. The van der Waals surface area contributed by atoms with E-state index in [-0.39, 0.29) is 11.6 Å². The van der Waals surface area contributed by atoms with Crippen molar-refractivity contribution in [1.82, 2.24) is 5.32 Å².